The first-order chi connectivity index (χ1) is 6.84. The van der Waals surface area contributed by atoms with Crippen LogP contribution in [0.2, 0.25) is 0 Å². The van der Waals surface area contributed by atoms with Crippen LogP contribution in [-0.2, 0) is 0 Å². The van der Waals surface area contributed by atoms with Crippen LogP contribution >= 0.6 is 0 Å². The number of hydrogen-bond acceptors (Lipinski definition) is 2. The second-order valence-electron chi connectivity index (χ2n) is 4.78. The van der Waals surface area contributed by atoms with E-state index in [0.29, 0.717) is 18.5 Å². The lowest BCUT2D eigenvalue weighted by molar-refractivity contribution is 0.100. The van der Waals surface area contributed by atoms with E-state index >= 15 is 0 Å². The van der Waals surface area contributed by atoms with Gasteiger partial charge in [0.05, 0.1) is 6.04 Å². The standard InChI is InChI=1S/C11H24F2N2/c1-8(2)6-10(15(4)5)7-14-9(3)11(12)13/h8-11,14H,6-7H2,1-5H3. The van der Waals surface area contributed by atoms with Crippen molar-refractivity contribution in [2.75, 3.05) is 20.6 Å². The molecule has 15 heavy (non-hydrogen) atoms. The summed E-state index contributed by atoms with van der Waals surface area (Å²) in [4.78, 5) is 2.09. The normalized spacial score (nSPS) is 16.4. The average molecular weight is 222 g/mol. The summed E-state index contributed by atoms with van der Waals surface area (Å²) >= 11 is 0. The molecule has 92 valence electrons. The number of rotatable bonds is 7. The molecule has 0 fully saturated rings. The maximum Gasteiger partial charge on any atom is 0.253 e. The van der Waals surface area contributed by atoms with E-state index in [1.54, 1.807) is 0 Å². The van der Waals surface area contributed by atoms with Gasteiger partial charge < -0.3 is 10.2 Å². The summed E-state index contributed by atoms with van der Waals surface area (Å²) in [6, 6.07) is -0.397. The fraction of sp³-hybridized carbons (Fsp3) is 1.00. The van der Waals surface area contributed by atoms with Crippen LogP contribution in [0.4, 0.5) is 8.78 Å². The lowest BCUT2D eigenvalue weighted by Gasteiger charge is -2.27. The molecule has 0 aliphatic heterocycles. The highest BCUT2D eigenvalue weighted by molar-refractivity contribution is 4.74. The van der Waals surface area contributed by atoms with Crippen LogP contribution in [0.3, 0.4) is 0 Å². The molecule has 0 heterocycles. The highest BCUT2D eigenvalue weighted by Crippen LogP contribution is 2.09. The SMILES string of the molecule is CC(C)CC(CNC(C)C(F)F)N(C)C. The zero-order valence-corrected chi connectivity index (χ0v) is 10.4. The van der Waals surface area contributed by atoms with Crippen molar-refractivity contribution in [1.82, 2.24) is 10.2 Å². The highest BCUT2D eigenvalue weighted by atomic mass is 19.3. The van der Waals surface area contributed by atoms with Gasteiger partial charge in [0.1, 0.15) is 0 Å². The molecule has 0 rings (SSSR count). The van der Waals surface area contributed by atoms with Crippen LogP contribution < -0.4 is 5.32 Å². The number of alkyl halides is 2. The molecule has 0 saturated heterocycles. The van der Waals surface area contributed by atoms with Crippen LogP contribution in [0.15, 0.2) is 0 Å². The minimum absolute atomic E-state index is 0.325. The van der Waals surface area contributed by atoms with Gasteiger partial charge in [-0.25, -0.2) is 8.78 Å². The number of nitrogens with zero attached hydrogens (tertiary/aromatic N) is 1. The van der Waals surface area contributed by atoms with Crippen LogP contribution in [0.1, 0.15) is 27.2 Å². The zero-order chi connectivity index (χ0) is 12.0. The summed E-state index contributed by atoms with van der Waals surface area (Å²) < 4.78 is 24.5. The Morgan fingerprint density at radius 2 is 1.67 bits per heavy atom. The Labute approximate surface area is 92.0 Å². The minimum atomic E-state index is -2.29. The van der Waals surface area contributed by atoms with E-state index in [9.17, 15) is 8.78 Å². The monoisotopic (exact) mass is 222 g/mol. The third-order valence-electron chi connectivity index (χ3n) is 2.53. The Morgan fingerprint density at radius 1 is 1.13 bits per heavy atom. The fourth-order valence-electron chi connectivity index (χ4n) is 1.43. The van der Waals surface area contributed by atoms with Gasteiger partial charge in [-0.2, -0.15) is 0 Å². The molecule has 0 aromatic carbocycles. The molecule has 0 aliphatic rings. The summed E-state index contributed by atoms with van der Waals surface area (Å²) in [7, 11) is 3.98. The lowest BCUT2D eigenvalue weighted by atomic mass is 10.0. The van der Waals surface area contributed by atoms with Crippen molar-refractivity contribution in [2.24, 2.45) is 5.92 Å². The van der Waals surface area contributed by atoms with Gasteiger partial charge in [-0.3, -0.25) is 0 Å². The van der Waals surface area contributed by atoms with Crippen LogP contribution in [0.25, 0.3) is 0 Å². The second-order valence-corrected chi connectivity index (χ2v) is 4.78. The first-order valence-electron chi connectivity index (χ1n) is 5.52. The number of nitrogens with one attached hydrogen (secondary N) is 1. The van der Waals surface area contributed by atoms with E-state index in [-0.39, 0.29) is 0 Å². The van der Waals surface area contributed by atoms with E-state index < -0.39 is 12.5 Å². The molecule has 1 N–H and O–H groups in total. The third kappa shape index (κ3) is 6.79. The van der Waals surface area contributed by atoms with Crippen molar-refractivity contribution >= 4 is 0 Å². The van der Waals surface area contributed by atoms with Crippen molar-refractivity contribution in [3.8, 4) is 0 Å². The van der Waals surface area contributed by atoms with Gasteiger partial charge in [0.25, 0.3) is 6.43 Å². The Kier molecular flexibility index (Phi) is 7.02. The van der Waals surface area contributed by atoms with E-state index in [0.717, 1.165) is 6.42 Å². The maximum absolute atomic E-state index is 12.3. The number of halogens is 2. The van der Waals surface area contributed by atoms with Gasteiger partial charge in [-0.15, -0.1) is 0 Å². The van der Waals surface area contributed by atoms with Crippen molar-refractivity contribution in [2.45, 2.75) is 45.7 Å². The van der Waals surface area contributed by atoms with Crippen molar-refractivity contribution in [3.63, 3.8) is 0 Å². The van der Waals surface area contributed by atoms with Gasteiger partial charge in [0.2, 0.25) is 0 Å². The highest BCUT2D eigenvalue weighted by Gasteiger charge is 2.18. The summed E-state index contributed by atoms with van der Waals surface area (Å²) in [6.45, 7) is 6.43. The number of hydrogen-bond donors (Lipinski definition) is 1. The molecule has 2 nitrogen and oxygen atoms in total. The molecule has 0 aliphatic carbocycles. The van der Waals surface area contributed by atoms with E-state index in [4.69, 9.17) is 0 Å². The molecule has 0 saturated carbocycles. The Morgan fingerprint density at radius 3 is 2.00 bits per heavy atom. The Hall–Kier alpha value is -0.220. The summed E-state index contributed by atoms with van der Waals surface area (Å²) in [5.74, 6) is 0.584. The van der Waals surface area contributed by atoms with Gasteiger partial charge >= 0.3 is 0 Å². The summed E-state index contributed by atoms with van der Waals surface area (Å²) in [5.41, 5.74) is 0. The quantitative estimate of drug-likeness (QED) is 0.710. The molecule has 2 unspecified atom stereocenters. The lowest BCUT2D eigenvalue weighted by Crippen LogP contribution is -2.43. The predicted octanol–water partition coefficient (Wildman–Crippen LogP) is 2.21. The molecule has 0 amide bonds. The number of likely N-dealkylation sites (N-methyl/N-ethyl adjacent to an activating group) is 1. The van der Waals surface area contributed by atoms with Crippen LogP contribution in [0, 0.1) is 5.92 Å². The summed E-state index contributed by atoms with van der Waals surface area (Å²) in [6.07, 6.45) is -1.26. The summed E-state index contributed by atoms with van der Waals surface area (Å²) in [5, 5.41) is 2.88. The molecule has 4 heteroatoms. The van der Waals surface area contributed by atoms with Gasteiger partial charge in [0, 0.05) is 12.6 Å². The molecular weight excluding hydrogens is 198 g/mol. The molecule has 0 aromatic rings. The molecule has 2 atom stereocenters. The molecular formula is C11H24F2N2. The van der Waals surface area contributed by atoms with E-state index in [2.05, 4.69) is 24.1 Å². The smallest absolute Gasteiger partial charge is 0.253 e. The predicted molar refractivity (Wildman–Crippen MR) is 60.4 cm³/mol. The van der Waals surface area contributed by atoms with E-state index in [1.807, 2.05) is 14.1 Å². The van der Waals surface area contributed by atoms with Crippen molar-refractivity contribution in [3.05, 3.63) is 0 Å². The van der Waals surface area contributed by atoms with Crippen LogP contribution in [-0.4, -0.2) is 44.0 Å². The average Bonchev–Trinajstić information content (AvgIpc) is 2.10. The topological polar surface area (TPSA) is 15.3 Å². The van der Waals surface area contributed by atoms with Crippen molar-refractivity contribution < 1.29 is 8.78 Å². The second kappa shape index (κ2) is 7.12. The third-order valence-corrected chi connectivity index (χ3v) is 2.53. The molecule has 0 bridgehead atoms. The fourth-order valence-corrected chi connectivity index (χ4v) is 1.43. The largest absolute Gasteiger partial charge is 0.308 e. The molecule has 0 aromatic heterocycles. The Bertz CT molecular complexity index is 161. The first-order valence-corrected chi connectivity index (χ1v) is 5.52. The minimum Gasteiger partial charge on any atom is -0.308 e. The Balaban J connectivity index is 3.96. The van der Waals surface area contributed by atoms with E-state index in [1.165, 1.54) is 6.92 Å². The van der Waals surface area contributed by atoms with Crippen LogP contribution in [0.5, 0.6) is 0 Å². The molecule has 0 radical (unpaired) electrons. The van der Waals surface area contributed by atoms with Gasteiger partial charge in [-0.1, -0.05) is 13.8 Å². The van der Waals surface area contributed by atoms with Crippen molar-refractivity contribution in [1.29, 1.82) is 0 Å². The molecule has 0 spiro atoms. The first kappa shape index (κ1) is 14.8. The van der Waals surface area contributed by atoms with Gasteiger partial charge in [0.15, 0.2) is 0 Å². The van der Waals surface area contributed by atoms with Gasteiger partial charge in [-0.05, 0) is 33.4 Å². The maximum atomic E-state index is 12.3. The zero-order valence-electron chi connectivity index (χ0n) is 10.4.